The van der Waals surface area contributed by atoms with Gasteiger partial charge in [-0.1, -0.05) is 12.1 Å². The molecule has 0 unspecified atom stereocenters. The van der Waals surface area contributed by atoms with Gasteiger partial charge in [0.1, 0.15) is 17.3 Å². The normalized spacial score (nSPS) is 18.9. The molecule has 0 saturated heterocycles. The molecule has 2 amide bonds. The van der Waals surface area contributed by atoms with Gasteiger partial charge in [-0.15, -0.1) is 0 Å². The molecule has 0 saturated carbocycles. The van der Waals surface area contributed by atoms with Gasteiger partial charge in [-0.05, 0) is 42.5 Å². The maximum Gasteiger partial charge on any atom is 0.276 e. The van der Waals surface area contributed by atoms with Gasteiger partial charge >= 0.3 is 0 Å². The molecular formula is C23H18FN3O4. The number of nitrogens with one attached hydrogen (secondary N) is 2. The Morgan fingerprint density at radius 3 is 2.52 bits per heavy atom. The average Bonchev–Trinajstić information content (AvgIpc) is 3.04. The molecule has 31 heavy (non-hydrogen) atoms. The second-order valence-corrected chi connectivity index (χ2v) is 7.20. The van der Waals surface area contributed by atoms with Crippen LogP contribution in [0.2, 0.25) is 0 Å². The fourth-order valence-electron chi connectivity index (χ4n) is 4.18. The fraction of sp³-hybridized carbons (Fsp3) is 0.130. The molecule has 8 heteroatoms. The average molecular weight is 419 g/mol. The Kier molecular flexibility index (Phi) is 4.11. The van der Waals surface area contributed by atoms with Gasteiger partial charge in [-0.3, -0.25) is 14.5 Å². The Morgan fingerprint density at radius 1 is 0.935 bits per heavy atom. The molecule has 2 N–H and O–H groups in total. The number of carbonyl (C=O) groups is 2. The first-order valence-corrected chi connectivity index (χ1v) is 9.55. The summed E-state index contributed by atoms with van der Waals surface area (Å²) >= 11 is 0. The largest absolute Gasteiger partial charge is 0.497 e. The molecule has 7 nitrogen and oxygen atoms in total. The maximum absolute atomic E-state index is 13.9. The minimum Gasteiger partial charge on any atom is -0.497 e. The molecule has 1 atom stereocenters. The van der Waals surface area contributed by atoms with E-state index in [1.54, 1.807) is 42.5 Å². The first kappa shape index (κ1) is 18.9. The minimum atomic E-state index is -1.63. The lowest BCUT2D eigenvalue weighted by atomic mass is 9.92. The van der Waals surface area contributed by atoms with Crippen LogP contribution in [0.5, 0.6) is 11.5 Å². The third-order valence-corrected chi connectivity index (χ3v) is 5.59. The van der Waals surface area contributed by atoms with E-state index < -0.39 is 23.3 Å². The summed E-state index contributed by atoms with van der Waals surface area (Å²) in [6, 6.07) is 15.9. The highest BCUT2D eigenvalue weighted by atomic mass is 19.1. The van der Waals surface area contributed by atoms with Crippen LogP contribution in [0.4, 0.5) is 21.5 Å². The van der Waals surface area contributed by atoms with Gasteiger partial charge in [-0.25, -0.2) is 4.39 Å². The van der Waals surface area contributed by atoms with Crippen molar-refractivity contribution in [1.82, 2.24) is 0 Å². The number of ether oxygens (including phenoxy) is 2. The van der Waals surface area contributed by atoms with Gasteiger partial charge in [0.05, 0.1) is 31.2 Å². The van der Waals surface area contributed by atoms with E-state index in [9.17, 15) is 14.0 Å². The van der Waals surface area contributed by atoms with Gasteiger partial charge in [-0.2, -0.15) is 0 Å². The Hall–Kier alpha value is -4.07. The van der Waals surface area contributed by atoms with Crippen molar-refractivity contribution in [2.24, 2.45) is 0 Å². The van der Waals surface area contributed by atoms with Crippen molar-refractivity contribution in [3.05, 3.63) is 77.6 Å². The molecule has 2 heterocycles. The van der Waals surface area contributed by atoms with E-state index in [4.69, 9.17) is 9.47 Å². The summed E-state index contributed by atoms with van der Waals surface area (Å²) in [5.41, 5.74) is 0.360. The fourth-order valence-corrected chi connectivity index (χ4v) is 4.18. The van der Waals surface area contributed by atoms with Crippen molar-refractivity contribution in [3.63, 3.8) is 0 Å². The molecular weight excluding hydrogens is 401 g/mol. The third kappa shape index (κ3) is 2.58. The van der Waals surface area contributed by atoms with Crippen molar-refractivity contribution in [1.29, 1.82) is 0 Å². The first-order chi connectivity index (χ1) is 15.0. The number of para-hydroxylation sites is 1. The van der Waals surface area contributed by atoms with Crippen LogP contribution in [-0.4, -0.2) is 26.0 Å². The number of methoxy groups -OCH3 is 2. The highest BCUT2D eigenvalue weighted by Gasteiger charge is 2.57. The van der Waals surface area contributed by atoms with E-state index in [1.165, 1.54) is 37.3 Å². The quantitative estimate of drug-likeness (QED) is 0.677. The van der Waals surface area contributed by atoms with Gasteiger partial charge in [0.25, 0.3) is 11.8 Å². The standard InChI is InChI=1S/C23H18FN3O4/c1-30-14-8-10-19(20(12-14)31-2)27-21(28)15-5-3-4-6-17(15)26-23(27)16-9-7-13(24)11-18(16)25-22(23)29/h3-12,26H,1-2H3,(H,25,29)/t23-/m1/s1. The van der Waals surface area contributed by atoms with E-state index in [0.717, 1.165) is 0 Å². The van der Waals surface area contributed by atoms with Gasteiger partial charge in [0.15, 0.2) is 0 Å². The maximum atomic E-state index is 13.9. The predicted octanol–water partition coefficient (Wildman–Crippen LogP) is 3.72. The number of fused-ring (bicyclic) bond motifs is 3. The molecule has 1 spiro atoms. The molecule has 0 aliphatic carbocycles. The SMILES string of the molecule is COc1ccc(N2C(=O)c3ccccc3N[C@@]23C(=O)Nc2cc(F)ccc23)c(OC)c1. The van der Waals surface area contributed by atoms with Crippen molar-refractivity contribution >= 4 is 28.9 Å². The van der Waals surface area contributed by atoms with E-state index in [0.29, 0.717) is 39.7 Å². The molecule has 156 valence electrons. The van der Waals surface area contributed by atoms with Crippen LogP contribution in [0.1, 0.15) is 15.9 Å². The Balaban J connectivity index is 1.82. The summed E-state index contributed by atoms with van der Waals surface area (Å²) in [5.74, 6) is -0.520. The number of rotatable bonds is 3. The summed E-state index contributed by atoms with van der Waals surface area (Å²) in [5, 5.41) is 5.95. The van der Waals surface area contributed by atoms with Crippen LogP contribution in [-0.2, 0) is 10.5 Å². The summed E-state index contributed by atoms with van der Waals surface area (Å²) < 4.78 is 24.7. The number of amides is 2. The van der Waals surface area contributed by atoms with Crippen LogP contribution in [0.3, 0.4) is 0 Å². The highest BCUT2D eigenvalue weighted by molar-refractivity contribution is 6.22. The van der Waals surface area contributed by atoms with E-state index >= 15 is 0 Å². The number of carbonyl (C=O) groups excluding carboxylic acids is 2. The highest BCUT2D eigenvalue weighted by Crippen LogP contribution is 2.49. The molecule has 0 aromatic heterocycles. The second-order valence-electron chi connectivity index (χ2n) is 7.20. The number of nitrogens with zero attached hydrogens (tertiary/aromatic N) is 1. The van der Waals surface area contributed by atoms with Crippen LogP contribution >= 0.6 is 0 Å². The lowest BCUT2D eigenvalue weighted by Gasteiger charge is -2.44. The number of anilines is 3. The molecule has 0 radical (unpaired) electrons. The molecule has 2 aliphatic rings. The lowest BCUT2D eigenvalue weighted by Crippen LogP contribution is -2.61. The van der Waals surface area contributed by atoms with Gasteiger partial charge in [0, 0.05) is 17.3 Å². The zero-order valence-corrected chi connectivity index (χ0v) is 16.7. The second kappa shape index (κ2) is 6.73. The van der Waals surface area contributed by atoms with Crippen LogP contribution in [0.25, 0.3) is 0 Å². The Morgan fingerprint density at radius 2 is 1.74 bits per heavy atom. The molecule has 0 fully saturated rings. The molecule has 0 bridgehead atoms. The zero-order valence-electron chi connectivity index (χ0n) is 16.7. The van der Waals surface area contributed by atoms with E-state index in [1.807, 2.05) is 0 Å². The van der Waals surface area contributed by atoms with E-state index in [-0.39, 0.29) is 0 Å². The van der Waals surface area contributed by atoms with Crippen LogP contribution in [0.15, 0.2) is 60.7 Å². The first-order valence-electron chi connectivity index (χ1n) is 9.55. The minimum absolute atomic E-state index is 0.294. The zero-order chi connectivity index (χ0) is 21.8. The Labute approximate surface area is 177 Å². The summed E-state index contributed by atoms with van der Waals surface area (Å²) in [4.78, 5) is 28.5. The summed E-state index contributed by atoms with van der Waals surface area (Å²) in [7, 11) is 2.99. The van der Waals surface area contributed by atoms with E-state index in [2.05, 4.69) is 10.6 Å². The summed E-state index contributed by atoms with van der Waals surface area (Å²) in [6.07, 6.45) is 0. The lowest BCUT2D eigenvalue weighted by molar-refractivity contribution is -0.119. The Bertz CT molecular complexity index is 1250. The number of benzene rings is 3. The predicted molar refractivity (Wildman–Crippen MR) is 113 cm³/mol. The smallest absolute Gasteiger partial charge is 0.276 e. The number of hydrogen-bond acceptors (Lipinski definition) is 5. The van der Waals surface area contributed by atoms with Gasteiger partial charge < -0.3 is 20.1 Å². The number of halogens is 1. The molecule has 2 aliphatic heterocycles. The van der Waals surface area contributed by atoms with Crippen molar-refractivity contribution < 1.29 is 23.5 Å². The molecule has 3 aromatic rings. The topological polar surface area (TPSA) is 79.9 Å². The third-order valence-electron chi connectivity index (χ3n) is 5.59. The van der Waals surface area contributed by atoms with Crippen molar-refractivity contribution in [2.45, 2.75) is 5.66 Å². The number of hydrogen-bond donors (Lipinski definition) is 2. The monoisotopic (exact) mass is 419 g/mol. The van der Waals surface area contributed by atoms with Crippen molar-refractivity contribution in [2.75, 3.05) is 29.8 Å². The molecule has 5 rings (SSSR count). The summed E-state index contributed by atoms with van der Waals surface area (Å²) in [6.45, 7) is 0. The van der Waals surface area contributed by atoms with Crippen LogP contribution < -0.4 is 25.0 Å². The van der Waals surface area contributed by atoms with Gasteiger partial charge in [0.2, 0.25) is 5.66 Å². The van der Waals surface area contributed by atoms with Crippen LogP contribution in [0, 0.1) is 5.82 Å². The van der Waals surface area contributed by atoms with Crippen molar-refractivity contribution in [3.8, 4) is 11.5 Å². The molecule has 3 aromatic carbocycles.